The molecule has 0 radical (unpaired) electrons. The van der Waals surface area contributed by atoms with Gasteiger partial charge >= 0.3 is 0 Å². The summed E-state index contributed by atoms with van der Waals surface area (Å²) in [5.74, 6) is 2.68. The Morgan fingerprint density at radius 3 is 2.16 bits per heavy atom. The maximum absolute atomic E-state index is 13.0. The molecule has 1 unspecified atom stereocenters. The van der Waals surface area contributed by atoms with Crippen molar-refractivity contribution in [2.45, 2.75) is 111 Å². The minimum atomic E-state index is 0.264. The Balaban J connectivity index is 0.00000151. The van der Waals surface area contributed by atoms with E-state index in [2.05, 4.69) is 6.92 Å². The Labute approximate surface area is 156 Å². The van der Waals surface area contributed by atoms with E-state index in [1.165, 1.54) is 32.1 Å². The topological polar surface area (TPSA) is 34.1 Å². The third kappa shape index (κ3) is 7.62. The van der Waals surface area contributed by atoms with E-state index in [0.29, 0.717) is 29.3 Å². The van der Waals surface area contributed by atoms with Gasteiger partial charge in [-0.1, -0.05) is 59.3 Å². The van der Waals surface area contributed by atoms with E-state index in [0.717, 1.165) is 51.4 Å². The Kier molecular flexibility index (Phi) is 11.3. The monoisotopic (exact) mass is 350 g/mol. The highest BCUT2D eigenvalue weighted by Crippen LogP contribution is 2.36. The average molecular weight is 351 g/mol. The molecule has 0 saturated heterocycles. The Morgan fingerprint density at radius 1 is 0.880 bits per heavy atom. The number of Topliss-reactive ketones (excluding diaryl/α,β-unsaturated/α-hetero) is 2. The molecule has 0 aromatic heterocycles. The number of carbonyl (C=O) groups excluding carboxylic acids is 2. The molecular formula is C23H42O2. The fourth-order valence-corrected chi connectivity index (χ4v) is 4.93. The molecule has 0 spiro atoms. The summed E-state index contributed by atoms with van der Waals surface area (Å²) in [5, 5.41) is 0. The third-order valence-electron chi connectivity index (χ3n) is 6.39. The first-order valence-corrected chi connectivity index (χ1v) is 11.1. The largest absolute Gasteiger partial charge is 0.300 e. The van der Waals surface area contributed by atoms with Gasteiger partial charge < -0.3 is 0 Å². The molecule has 2 aliphatic rings. The van der Waals surface area contributed by atoms with E-state index in [1.807, 2.05) is 13.8 Å². The first kappa shape index (κ1) is 22.4. The summed E-state index contributed by atoms with van der Waals surface area (Å²) in [4.78, 5) is 24.6. The molecule has 146 valence electrons. The molecule has 2 heteroatoms. The lowest BCUT2D eigenvalue weighted by Crippen LogP contribution is -2.27. The maximum Gasteiger partial charge on any atom is 0.136 e. The van der Waals surface area contributed by atoms with Gasteiger partial charge in [0.05, 0.1) is 0 Å². The zero-order chi connectivity index (χ0) is 18.7. The second kappa shape index (κ2) is 12.7. The Hall–Kier alpha value is -0.660. The Bertz CT molecular complexity index is 382. The molecule has 0 aromatic rings. The molecule has 0 aromatic carbocycles. The van der Waals surface area contributed by atoms with Crippen molar-refractivity contribution in [3.63, 3.8) is 0 Å². The van der Waals surface area contributed by atoms with E-state index in [1.54, 1.807) is 6.92 Å². The SMILES string of the molecule is CC.CCC[C@H](C(=O)CC1CCC[C@@H](C(C)=O)CC1)C1CCCCC1. The molecule has 0 heterocycles. The lowest BCUT2D eigenvalue weighted by atomic mass is 9.74. The first-order valence-electron chi connectivity index (χ1n) is 11.1. The molecular weight excluding hydrogens is 308 g/mol. The van der Waals surface area contributed by atoms with Crippen molar-refractivity contribution >= 4 is 11.6 Å². The van der Waals surface area contributed by atoms with Gasteiger partial charge in [-0.05, 0) is 57.3 Å². The minimum Gasteiger partial charge on any atom is -0.300 e. The second-order valence-corrected chi connectivity index (χ2v) is 8.15. The van der Waals surface area contributed by atoms with Gasteiger partial charge in [-0.25, -0.2) is 0 Å². The van der Waals surface area contributed by atoms with Gasteiger partial charge in [0.1, 0.15) is 11.6 Å². The van der Waals surface area contributed by atoms with Gasteiger partial charge in [0.25, 0.3) is 0 Å². The predicted molar refractivity (Wildman–Crippen MR) is 107 cm³/mol. The first-order chi connectivity index (χ1) is 12.1. The van der Waals surface area contributed by atoms with Gasteiger partial charge in [-0.3, -0.25) is 9.59 Å². The van der Waals surface area contributed by atoms with E-state index in [-0.39, 0.29) is 5.92 Å². The van der Waals surface area contributed by atoms with Crippen molar-refractivity contribution in [1.29, 1.82) is 0 Å². The third-order valence-corrected chi connectivity index (χ3v) is 6.39. The van der Waals surface area contributed by atoms with Crippen LogP contribution in [-0.4, -0.2) is 11.6 Å². The van der Waals surface area contributed by atoms with Gasteiger partial charge in [0, 0.05) is 18.3 Å². The zero-order valence-corrected chi connectivity index (χ0v) is 17.3. The summed E-state index contributed by atoms with van der Waals surface area (Å²) in [6.45, 7) is 7.95. The molecule has 2 nitrogen and oxygen atoms in total. The normalized spacial score (nSPS) is 26.1. The lowest BCUT2D eigenvalue weighted by Gasteiger charge is -2.30. The van der Waals surface area contributed by atoms with Crippen LogP contribution in [0.3, 0.4) is 0 Å². The number of rotatable bonds is 7. The van der Waals surface area contributed by atoms with Crippen molar-refractivity contribution in [1.82, 2.24) is 0 Å². The summed E-state index contributed by atoms with van der Waals surface area (Å²) < 4.78 is 0. The van der Waals surface area contributed by atoms with Crippen LogP contribution < -0.4 is 0 Å². The summed E-state index contributed by atoms with van der Waals surface area (Å²) in [5.41, 5.74) is 0. The van der Waals surface area contributed by atoms with Crippen LogP contribution in [0.25, 0.3) is 0 Å². The number of hydrogen-bond acceptors (Lipinski definition) is 2. The van der Waals surface area contributed by atoms with Gasteiger partial charge in [-0.15, -0.1) is 0 Å². The molecule has 2 fully saturated rings. The molecule has 25 heavy (non-hydrogen) atoms. The molecule has 0 bridgehead atoms. The van der Waals surface area contributed by atoms with Crippen LogP contribution in [0.4, 0.5) is 0 Å². The van der Waals surface area contributed by atoms with Crippen LogP contribution in [-0.2, 0) is 9.59 Å². The average Bonchev–Trinajstić information content (AvgIpc) is 2.87. The van der Waals surface area contributed by atoms with Crippen molar-refractivity contribution in [2.75, 3.05) is 0 Å². The molecule has 2 saturated carbocycles. The smallest absolute Gasteiger partial charge is 0.136 e. The van der Waals surface area contributed by atoms with Crippen LogP contribution in [0.2, 0.25) is 0 Å². The molecule has 3 atom stereocenters. The molecule has 0 aliphatic heterocycles. The summed E-state index contributed by atoms with van der Waals surface area (Å²) in [6.07, 6.45) is 15.0. The van der Waals surface area contributed by atoms with Gasteiger partial charge in [0.2, 0.25) is 0 Å². The highest BCUT2D eigenvalue weighted by molar-refractivity contribution is 5.81. The number of hydrogen-bond donors (Lipinski definition) is 0. The predicted octanol–water partition coefficient (Wildman–Crippen LogP) is 6.75. The van der Waals surface area contributed by atoms with Crippen molar-refractivity contribution in [3.05, 3.63) is 0 Å². The van der Waals surface area contributed by atoms with Crippen LogP contribution in [0.15, 0.2) is 0 Å². The van der Waals surface area contributed by atoms with Gasteiger partial charge in [-0.2, -0.15) is 0 Å². The summed E-state index contributed by atoms with van der Waals surface area (Å²) in [6, 6.07) is 0. The fraction of sp³-hybridized carbons (Fsp3) is 0.913. The Morgan fingerprint density at radius 2 is 1.56 bits per heavy atom. The summed E-state index contributed by atoms with van der Waals surface area (Å²) in [7, 11) is 0. The number of ketones is 2. The standard InChI is InChI=1S/C21H36O2.C2H6/c1-3-8-20(19-10-5-4-6-11-19)21(23)15-17-9-7-12-18(14-13-17)16(2)22;1-2/h17-20H,3-15H2,1-2H3;1-2H3/t17?,18-,20+;/m1./s1. The van der Waals surface area contributed by atoms with Crippen LogP contribution in [0, 0.1) is 23.7 Å². The van der Waals surface area contributed by atoms with Crippen LogP contribution in [0.5, 0.6) is 0 Å². The van der Waals surface area contributed by atoms with E-state index >= 15 is 0 Å². The maximum atomic E-state index is 13.0. The van der Waals surface area contributed by atoms with E-state index in [9.17, 15) is 9.59 Å². The second-order valence-electron chi connectivity index (χ2n) is 8.15. The van der Waals surface area contributed by atoms with Gasteiger partial charge in [0.15, 0.2) is 0 Å². The fourth-order valence-electron chi connectivity index (χ4n) is 4.93. The molecule has 0 N–H and O–H groups in total. The highest BCUT2D eigenvalue weighted by Gasteiger charge is 2.31. The van der Waals surface area contributed by atoms with E-state index in [4.69, 9.17) is 0 Å². The molecule has 2 rings (SSSR count). The number of carbonyl (C=O) groups is 2. The van der Waals surface area contributed by atoms with Crippen LogP contribution in [0.1, 0.15) is 111 Å². The quantitative estimate of drug-likeness (QED) is 0.476. The summed E-state index contributed by atoms with van der Waals surface area (Å²) >= 11 is 0. The highest BCUT2D eigenvalue weighted by atomic mass is 16.1. The lowest BCUT2D eigenvalue weighted by molar-refractivity contribution is -0.126. The zero-order valence-electron chi connectivity index (χ0n) is 17.3. The van der Waals surface area contributed by atoms with Crippen LogP contribution >= 0.6 is 0 Å². The minimum absolute atomic E-state index is 0.264. The molecule has 0 amide bonds. The molecule has 2 aliphatic carbocycles. The van der Waals surface area contributed by atoms with Crippen molar-refractivity contribution in [3.8, 4) is 0 Å². The van der Waals surface area contributed by atoms with Crippen molar-refractivity contribution in [2.24, 2.45) is 23.7 Å². The van der Waals surface area contributed by atoms with Crippen molar-refractivity contribution < 1.29 is 9.59 Å². The van der Waals surface area contributed by atoms with E-state index < -0.39 is 0 Å².